The van der Waals surface area contributed by atoms with Crippen molar-refractivity contribution in [2.45, 2.75) is 25.3 Å². The third kappa shape index (κ3) is 3.62. The van der Waals surface area contributed by atoms with Gasteiger partial charge in [-0.1, -0.05) is 0 Å². The first-order chi connectivity index (χ1) is 8.34. The Balaban J connectivity index is 3.09. The highest BCUT2D eigenvalue weighted by molar-refractivity contribution is 7.53. The molecule has 108 valence electrons. The van der Waals surface area contributed by atoms with Crippen molar-refractivity contribution in [3.63, 3.8) is 0 Å². The second-order valence-corrected chi connectivity index (χ2v) is 6.73. The van der Waals surface area contributed by atoms with Crippen molar-refractivity contribution in [2.24, 2.45) is 0 Å². The Morgan fingerprint density at radius 1 is 1.26 bits per heavy atom. The molecule has 0 bridgehead atoms. The summed E-state index contributed by atoms with van der Waals surface area (Å²) in [6, 6.07) is 2.53. The summed E-state index contributed by atoms with van der Waals surface area (Å²) < 4.78 is 48.5. The van der Waals surface area contributed by atoms with E-state index in [1.807, 2.05) is 0 Å². The summed E-state index contributed by atoms with van der Waals surface area (Å²) in [5, 5.41) is 0.812. The van der Waals surface area contributed by atoms with E-state index in [0.29, 0.717) is 6.07 Å². The molecule has 0 aromatic heterocycles. The van der Waals surface area contributed by atoms with Gasteiger partial charge in [-0.2, -0.15) is 13.2 Å². The van der Waals surface area contributed by atoms with Crippen molar-refractivity contribution in [1.82, 2.24) is 0 Å². The molecule has 0 aliphatic carbocycles. The van der Waals surface area contributed by atoms with Gasteiger partial charge in [0.1, 0.15) is 5.28 Å². The molecule has 0 atom stereocenters. The number of nitrogen functional groups attached to an aromatic ring is 1. The van der Waals surface area contributed by atoms with Gasteiger partial charge >= 0.3 is 13.8 Å². The van der Waals surface area contributed by atoms with Gasteiger partial charge in [-0.25, -0.2) is 0 Å². The van der Waals surface area contributed by atoms with Gasteiger partial charge in [0.05, 0.1) is 16.9 Å². The molecule has 0 radical (unpaired) electrons. The van der Waals surface area contributed by atoms with Crippen LogP contribution in [0.3, 0.4) is 0 Å². The monoisotopic (exact) mass is 298 g/mol. The predicted octanol–water partition coefficient (Wildman–Crippen LogP) is 2.61. The maximum atomic E-state index is 12.4. The highest BCUT2D eigenvalue weighted by atomic mass is 31.2. The fourth-order valence-electron chi connectivity index (χ4n) is 1.26. The average Bonchev–Trinajstić information content (AvgIpc) is 2.17. The minimum Gasteiger partial charge on any atom is -0.397 e. The van der Waals surface area contributed by atoms with Gasteiger partial charge < -0.3 is 20.8 Å². The second-order valence-electron chi connectivity index (χ2n) is 4.53. The first kappa shape index (κ1) is 15.8. The summed E-state index contributed by atoms with van der Waals surface area (Å²) in [7, 11) is -4.49. The molecule has 0 amide bonds. The van der Waals surface area contributed by atoms with Crippen LogP contribution in [-0.2, 0) is 10.7 Å². The highest BCUT2D eigenvalue weighted by Gasteiger charge is 2.38. The lowest BCUT2D eigenvalue weighted by Gasteiger charge is -2.29. The Kier molecular flexibility index (Phi) is 3.91. The summed E-state index contributed by atoms with van der Waals surface area (Å²) in [5.74, 6) is 0. The van der Waals surface area contributed by atoms with Crippen LogP contribution in [0.25, 0.3) is 0 Å². The van der Waals surface area contributed by atoms with Crippen LogP contribution in [0.4, 0.5) is 24.5 Å². The summed E-state index contributed by atoms with van der Waals surface area (Å²) in [6.45, 7) is 2.45. The maximum Gasteiger partial charge on any atom is 0.416 e. The van der Waals surface area contributed by atoms with Gasteiger partial charge in [-0.3, -0.25) is 4.57 Å². The van der Waals surface area contributed by atoms with Crippen LogP contribution in [-0.4, -0.2) is 15.1 Å². The van der Waals surface area contributed by atoms with E-state index in [-0.39, 0.29) is 11.4 Å². The number of nitrogens with two attached hydrogens (primary N) is 1. The number of rotatable bonds is 3. The minimum atomic E-state index is -4.52. The number of nitrogens with one attached hydrogen (secondary N) is 1. The third-order valence-corrected chi connectivity index (χ3v) is 4.12. The number of hydrogen-bond donors (Lipinski definition) is 4. The van der Waals surface area contributed by atoms with E-state index in [1.54, 1.807) is 0 Å². The molecule has 0 aliphatic heterocycles. The molecule has 0 unspecified atom stereocenters. The summed E-state index contributed by atoms with van der Waals surface area (Å²) in [5.41, 5.74) is 4.32. The van der Waals surface area contributed by atoms with Gasteiger partial charge in [0.2, 0.25) is 0 Å². The van der Waals surface area contributed by atoms with Crippen LogP contribution in [0.15, 0.2) is 18.2 Å². The molecule has 1 rings (SSSR count). The second kappa shape index (κ2) is 4.70. The van der Waals surface area contributed by atoms with Gasteiger partial charge in [0.15, 0.2) is 0 Å². The number of halogens is 3. The molecule has 0 saturated carbocycles. The number of hydrogen-bond acceptors (Lipinski definition) is 3. The quantitative estimate of drug-likeness (QED) is 0.508. The molecule has 5 N–H and O–H groups in total. The van der Waals surface area contributed by atoms with Crippen LogP contribution in [0, 0.1) is 0 Å². The Morgan fingerprint density at radius 2 is 1.79 bits per heavy atom. The molecule has 1 aromatic carbocycles. The Labute approximate surface area is 107 Å². The average molecular weight is 298 g/mol. The van der Waals surface area contributed by atoms with Crippen molar-refractivity contribution < 1.29 is 27.5 Å². The van der Waals surface area contributed by atoms with Crippen LogP contribution in [0.2, 0.25) is 0 Å². The molecule has 5 nitrogen and oxygen atoms in total. The van der Waals surface area contributed by atoms with Crippen LogP contribution >= 0.6 is 7.60 Å². The Bertz CT molecular complexity index is 525. The topological polar surface area (TPSA) is 95.6 Å². The summed E-state index contributed by atoms with van der Waals surface area (Å²) in [6.07, 6.45) is -4.52. The van der Waals surface area contributed by atoms with Gasteiger partial charge in [-0.15, -0.1) is 0 Å². The smallest absolute Gasteiger partial charge is 0.397 e. The van der Waals surface area contributed by atoms with Crippen molar-refractivity contribution >= 4 is 19.0 Å². The molecule has 0 spiro atoms. The molecule has 1 aromatic rings. The normalized spacial score (nSPS) is 13.4. The molecule has 0 saturated heterocycles. The largest absolute Gasteiger partial charge is 0.416 e. The number of benzene rings is 1. The highest BCUT2D eigenvalue weighted by Crippen LogP contribution is 2.50. The van der Waals surface area contributed by atoms with Crippen molar-refractivity contribution in [3.05, 3.63) is 23.8 Å². The van der Waals surface area contributed by atoms with Crippen LogP contribution < -0.4 is 11.1 Å². The molecule has 0 aliphatic rings. The van der Waals surface area contributed by atoms with Crippen LogP contribution in [0.1, 0.15) is 19.4 Å². The summed E-state index contributed by atoms with van der Waals surface area (Å²) >= 11 is 0. The van der Waals surface area contributed by atoms with Crippen molar-refractivity contribution in [2.75, 3.05) is 11.1 Å². The third-order valence-electron chi connectivity index (χ3n) is 2.55. The maximum absolute atomic E-state index is 12.4. The molecular weight excluding hydrogens is 284 g/mol. The molecule has 0 heterocycles. The lowest BCUT2D eigenvalue weighted by Crippen LogP contribution is -2.31. The van der Waals surface area contributed by atoms with E-state index in [9.17, 15) is 17.7 Å². The zero-order valence-corrected chi connectivity index (χ0v) is 11.1. The first-order valence-corrected chi connectivity index (χ1v) is 6.76. The van der Waals surface area contributed by atoms with E-state index < -0.39 is 24.6 Å². The zero-order chi connectivity index (χ0) is 15.1. The van der Waals surface area contributed by atoms with E-state index in [4.69, 9.17) is 15.5 Å². The minimum absolute atomic E-state index is 0.0290. The number of alkyl halides is 3. The first-order valence-electron chi connectivity index (χ1n) is 5.15. The van der Waals surface area contributed by atoms with Crippen molar-refractivity contribution in [3.8, 4) is 0 Å². The molecule has 0 fully saturated rings. The zero-order valence-electron chi connectivity index (χ0n) is 10.2. The van der Waals surface area contributed by atoms with E-state index in [0.717, 1.165) is 12.1 Å². The Morgan fingerprint density at radius 3 is 2.16 bits per heavy atom. The number of anilines is 2. The lowest BCUT2D eigenvalue weighted by molar-refractivity contribution is -0.137. The molecule has 19 heavy (non-hydrogen) atoms. The molecule has 9 heteroatoms. The van der Waals surface area contributed by atoms with Crippen LogP contribution in [0.5, 0.6) is 0 Å². The van der Waals surface area contributed by atoms with E-state index >= 15 is 0 Å². The Hall–Kier alpha value is -1.24. The lowest BCUT2D eigenvalue weighted by atomic mass is 10.1. The van der Waals surface area contributed by atoms with Gasteiger partial charge in [0, 0.05) is 0 Å². The fourth-order valence-corrected chi connectivity index (χ4v) is 1.52. The van der Waals surface area contributed by atoms with Gasteiger partial charge in [0.25, 0.3) is 0 Å². The predicted molar refractivity (Wildman–Crippen MR) is 65.6 cm³/mol. The SMILES string of the molecule is CC(C)(Nc1ccc(C(F)(F)F)cc1N)P(=O)(O)O. The summed E-state index contributed by atoms with van der Waals surface area (Å²) in [4.78, 5) is 18.2. The van der Waals surface area contributed by atoms with Gasteiger partial charge in [-0.05, 0) is 32.0 Å². The fraction of sp³-hybridized carbons (Fsp3) is 0.400. The molecular formula is C10H14F3N2O3P. The van der Waals surface area contributed by atoms with E-state index in [1.165, 1.54) is 13.8 Å². The van der Waals surface area contributed by atoms with Crippen molar-refractivity contribution in [1.29, 1.82) is 0 Å². The van der Waals surface area contributed by atoms with E-state index in [2.05, 4.69) is 5.32 Å². The standard InChI is InChI=1S/C10H14F3N2O3P/c1-9(2,19(16,17)18)15-8-4-3-6(5-7(8)14)10(11,12)13/h3-5,15H,14H2,1-2H3,(H2,16,17,18).